The molecule has 0 aliphatic heterocycles. The van der Waals surface area contributed by atoms with Crippen LogP contribution in [0.4, 0.5) is 4.79 Å². The molecule has 0 aliphatic carbocycles. The van der Waals surface area contributed by atoms with Crippen molar-refractivity contribution in [2.75, 3.05) is 0 Å². The monoisotopic (exact) mass is 359 g/mol. The van der Waals surface area contributed by atoms with E-state index in [9.17, 15) is 4.79 Å². The zero-order valence-electron chi connectivity index (χ0n) is 12.0. The van der Waals surface area contributed by atoms with Gasteiger partial charge >= 0.3 is 6.09 Å². The molecule has 4 nitrogen and oxygen atoms in total. The number of benzene rings is 1. The predicted octanol–water partition coefficient (Wildman–Crippen LogP) is 2.30. The molecule has 1 unspecified atom stereocenters. The van der Waals surface area contributed by atoms with Gasteiger partial charge in [-0.25, -0.2) is 4.79 Å². The van der Waals surface area contributed by atoms with E-state index in [1.165, 1.54) is 12.3 Å². The first kappa shape index (κ1) is 17.7. The van der Waals surface area contributed by atoms with Crippen LogP contribution in [-0.2, 0) is 43.9 Å². The van der Waals surface area contributed by atoms with Crippen molar-refractivity contribution in [3.05, 3.63) is 73.2 Å². The van der Waals surface area contributed by atoms with Crippen molar-refractivity contribution in [3.63, 3.8) is 0 Å². The second-order valence-electron chi connectivity index (χ2n) is 4.57. The third kappa shape index (κ3) is 6.74. The molecule has 0 spiro atoms. The van der Waals surface area contributed by atoms with Crippen LogP contribution in [0.1, 0.15) is 12.5 Å². The first-order chi connectivity index (χ1) is 9.74. The van der Waals surface area contributed by atoms with Crippen molar-refractivity contribution in [1.29, 1.82) is 0 Å². The SMILES string of the molecule is CC(Cc1ccccc1)NC(=O)O[CH-][n+]1ccccc1.[Y]. The van der Waals surface area contributed by atoms with Crippen molar-refractivity contribution in [3.8, 4) is 0 Å². The summed E-state index contributed by atoms with van der Waals surface area (Å²) in [7, 11) is 0. The number of amides is 1. The molecule has 2 rings (SSSR count). The van der Waals surface area contributed by atoms with Gasteiger partial charge in [0.1, 0.15) is 0 Å². The van der Waals surface area contributed by atoms with Gasteiger partial charge in [-0.15, -0.1) is 0 Å². The second kappa shape index (κ2) is 9.53. The minimum absolute atomic E-state index is 0. The van der Waals surface area contributed by atoms with Gasteiger partial charge in [0.15, 0.2) is 0 Å². The van der Waals surface area contributed by atoms with E-state index in [1.807, 2.05) is 55.5 Å². The van der Waals surface area contributed by atoms with Crippen molar-refractivity contribution >= 4 is 6.09 Å². The molecule has 0 fully saturated rings. The average Bonchev–Trinajstić information content (AvgIpc) is 2.47. The minimum Gasteiger partial charge on any atom is -0.423 e. The Morgan fingerprint density at radius 3 is 2.48 bits per heavy atom. The van der Waals surface area contributed by atoms with E-state index in [-0.39, 0.29) is 38.8 Å². The van der Waals surface area contributed by atoms with Gasteiger partial charge in [0, 0.05) is 38.8 Å². The van der Waals surface area contributed by atoms with Crippen LogP contribution in [0.3, 0.4) is 0 Å². The van der Waals surface area contributed by atoms with E-state index in [0.29, 0.717) is 0 Å². The van der Waals surface area contributed by atoms with Crippen molar-refractivity contribution < 1.29 is 46.8 Å². The number of alkyl carbamates (subject to hydrolysis) is 1. The third-order valence-electron chi connectivity index (χ3n) is 2.77. The Bertz CT molecular complexity index is 534. The summed E-state index contributed by atoms with van der Waals surface area (Å²) in [6.45, 7) is 3.31. The zero-order valence-corrected chi connectivity index (χ0v) is 14.8. The van der Waals surface area contributed by atoms with Gasteiger partial charge in [-0.1, -0.05) is 48.5 Å². The normalized spacial score (nSPS) is 10.9. The molecule has 1 N–H and O–H groups in total. The van der Waals surface area contributed by atoms with Crippen molar-refractivity contribution in [2.24, 2.45) is 0 Å². The fourth-order valence-corrected chi connectivity index (χ4v) is 1.84. The molecule has 0 saturated heterocycles. The van der Waals surface area contributed by atoms with Crippen molar-refractivity contribution in [2.45, 2.75) is 19.4 Å². The molecule has 0 saturated carbocycles. The van der Waals surface area contributed by atoms with Gasteiger partial charge < -0.3 is 14.6 Å². The van der Waals surface area contributed by atoms with Crippen LogP contribution in [0, 0.1) is 6.73 Å². The zero-order chi connectivity index (χ0) is 14.2. The summed E-state index contributed by atoms with van der Waals surface area (Å²) < 4.78 is 6.69. The van der Waals surface area contributed by atoms with Gasteiger partial charge in [0.2, 0.25) is 6.73 Å². The van der Waals surface area contributed by atoms with E-state index in [4.69, 9.17) is 4.74 Å². The predicted molar refractivity (Wildman–Crippen MR) is 75.6 cm³/mol. The van der Waals surface area contributed by atoms with E-state index in [2.05, 4.69) is 5.32 Å². The molecule has 1 heterocycles. The molecule has 107 valence electrons. The summed E-state index contributed by atoms with van der Waals surface area (Å²) in [6.07, 6.45) is 3.90. The van der Waals surface area contributed by atoms with Gasteiger partial charge in [0.25, 0.3) is 0 Å². The Hall–Kier alpha value is -1.39. The molecule has 1 atom stereocenters. The Kier molecular flexibility index (Phi) is 8.02. The maximum Gasteiger partial charge on any atom is 0.404 e. The maximum absolute atomic E-state index is 11.6. The molecule has 1 aromatic carbocycles. The number of hydrogen-bond acceptors (Lipinski definition) is 2. The van der Waals surface area contributed by atoms with Crippen LogP contribution < -0.4 is 9.88 Å². The van der Waals surface area contributed by atoms with E-state index in [0.717, 1.165) is 6.42 Å². The summed E-state index contributed by atoms with van der Waals surface area (Å²) in [6, 6.07) is 15.6. The Labute approximate surface area is 150 Å². The molecule has 1 aromatic heterocycles. The number of nitrogens with zero attached hydrogens (tertiary/aromatic N) is 1. The molecule has 0 bridgehead atoms. The number of nitrogens with one attached hydrogen (secondary N) is 1. The van der Waals surface area contributed by atoms with Crippen LogP contribution in [-0.4, -0.2) is 12.1 Å². The van der Waals surface area contributed by atoms with Crippen LogP contribution in [0.5, 0.6) is 0 Å². The van der Waals surface area contributed by atoms with Crippen molar-refractivity contribution in [1.82, 2.24) is 5.32 Å². The number of rotatable bonds is 5. The maximum atomic E-state index is 11.6. The van der Waals surface area contributed by atoms with Crippen LogP contribution >= 0.6 is 0 Å². The quantitative estimate of drug-likeness (QED) is 0.658. The Morgan fingerprint density at radius 1 is 1.19 bits per heavy atom. The van der Waals surface area contributed by atoms with Gasteiger partial charge in [-0.2, -0.15) is 0 Å². The molecular weight excluding hydrogens is 341 g/mol. The number of carbonyl (C=O) groups excluding carboxylic acids is 1. The molecule has 5 heteroatoms. The van der Waals surface area contributed by atoms with Gasteiger partial charge in [0.05, 0.1) is 12.4 Å². The third-order valence-corrected chi connectivity index (χ3v) is 2.77. The molecule has 0 aliphatic rings. The second-order valence-corrected chi connectivity index (χ2v) is 4.57. The molecule has 1 amide bonds. The summed E-state index contributed by atoms with van der Waals surface area (Å²) in [4.78, 5) is 11.6. The standard InChI is InChI=1S/C16H18N2O2.Y/c1-14(12-15-8-4-2-5-9-15)17-16(19)20-13-18-10-6-3-7-11-18;/h2-11,13-14H,12H2,1H3,(H,17,19);. The minimum atomic E-state index is -0.454. The Morgan fingerprint density at radius 2 is 1.81 bits per heavy atom. The summed E-state index contributed by atoms with van der Waals surface area (Å²) in [5.74, 6) is 0. The summed E-state index contributed by atoms with van der Waals surface area (Å²) in [5, 5.41) is 2.79. The summed E-state index contributed by atoms with van der Waals surface area (Å²) >= 11 is 0. The van der Waals surface area contributed by atoms with Gasteiger partial charge in [-0.05, 0) is 18.9 Å². The number of hydrogen-bond donors (Lipinski definition) is 1. The molecule has 1 radical (unpaired) electrons. The van der Waals surface area contributed by atoms with Crippen LogP contribution in [0.15, 0.2) is 60.9 Å². The number of pyridine rings is 1. The topological polar surface area (TPSA) is 42.2 Å². The molecule has 21 heavy (non-hydrogen) atoms. The number of carbonyl (C=O) groups is 1. The van der Waals surface area contributed by atoms with Crippen LogP contribution in [0.2, 0.25) is 0 Å². The first-order valence-electron chi connectivity index (χ1n) is 6.54. The first-order valence-corrected chi connectivity index (χ1v) is 6.54. The number of ether oxygens (including phenoxy) is 1. The fraction of sp³-hybridized carbons (Fsp3) is 0.188. The average molecular weight is 359 g/mol. The van der Waals surface area contributed by atoms with Gasteiger partial charge in [-0.3, -0.25) is 0 Å². The van der Waals surface area contributed by atoms with E-state index < -0.39 is 6.09 Å². The summed E-state index contributed by atoms with van der Waals surface area (Å²) in [5.41, 5.74) is 1.18. The largest absolute Gasteiger partial charge is 0.423 e. The number of aromatic nitrogens is 1. The Balaban J connectivity index is 0.00000220. The molecular formula is C16H18N2O2Y. The van der Waals surface area contributed by atoms with Crippen LogP contribution in [0.25, 0.3) is 0 Å². The smallest absolute Gasteiger partial charge is 0.404 e. The fourth-order valence-electron chi connectivity index (χ4n) is 1.84. The molecule has 2 aromatic rings. The van der Waals surface area contributed by atoms with E-state index in [1.54, 1.807) is 17.0 Å². The van der Waals surface area contributed by atoms with E-state index >= 15 is 0 Å².